The summed E-state index contributed by atoms with van der Waals surface area (Å²) in [4.78, 5) is 2.28. The van der Waals surface area contributed by atoms with Crippen LogP contribution in [0.4, 0.5) is 4.39 Å². The second kappa shape index (κ2) is 8.59. The number of benzene rings is 1. The zero-order chi connectivity index (χ0) is 15.8. The standard InChI is InChI=1S/C15H25FN4O/c1-11(2)20(3)6-4-5-18-10-12-7-13(15(17)19-21)9-14(16)8-12/h7-9,11,18,21H,4-6,10H2,1-3H3,(H2,17,19). The van der Waals surface area contributed by atoms with Gasteiger partial charge >= 0.3 is 0 Å². The van der Waals surface area contributed by atoms with Crippen molar-refractivity contribution in [3.63, 3.8) is 0 Å². The Labute approximate surface area is 125 Å². The van der Waals surface area contributed by atoms with Crippen molar-refractivity contribution in [2.75, 3.05) is 20.1 Å². The minimum absolute atomic E-state index is 0.0886. The molecule has 0 aromatic heterocycles. The smallest absolute Gasteiger partial charge is 0.170 e. The Morgan fingerprint density at radius 2 is 2.14 bits per heavy atom. The maximum Gasteiger partial charge on any atom is 0.170 e. The molecule has 0 aliphatic rings. The lowest BCUT2D eigenvalue weighted by Crippen LogP contribution is -2.29. The van der Waals surface area contributed by atoms with Crippen LogP contribution in [0.5, 0.6) is 0 Å². The second-order valence-electron chi connectivity index (χ2n) is 5.44. The molecule has 0 saturated heterocycles. The van der Waals surface area contributed by atoms with Gasteiger partial charge in [0.15, 0.2) is 5.84 Å². The molecule has 0 spiro atoms. The van der Waals surface area contributed by atoms with Gasteiger partial charge in [-0.1, -0.05) is 5.16 Å². The van der Waals surface area contributed by atoms with Gasteiger partial charge in [-0.3, -0.25) is 0 Å². The summed E-state index contributed by atoms with van der Waals surface area (Å²) in [6, 6.07) is 4.94. The number of hydrogen-bond donors (Lipinski definition) is 3. The predicted molar refractivity (Wildman–Crippen MR) is 83.0 cm³/mol. The van der Waals surface area contributed by atoms with Crippen molar-refractivity contribution in [1.29, 1.82) is 0 Å². The van der Waals surface area contributed by atoms with Gasteiger partial charge in [0.05, 0.1) is 0 Å². The Morgan fingerprint density at radius 1 is 1.43 bits per heavy atom. The minimum Gasteiger partial charge on any atom is -0.409 e. The fraction of sp³-hybridized carbons (Fsp3) is 0.533. The van der Waals surface area contributed by atoms with Crippen LogP contribution in [0.1, 0.15) is 31.4 Å². The van der Waals surface area contributed by atoms with Crippen LogP contribution in [0.15, 0.2) is 23.4 Å². The highest BCUT2D eigenvalue weighted by atomic mass is 19.1. The fourth-order valence-corrected chi connectivity index (χ4v) is 1.90. The van der Waals surface area contributed by atoms with E-state index in [2.05, 4.69) is 36.3 Å². The van der Waals surface area contributed by atoms with Gasteiger partial charge in [-0.15, -0.1) is 0 Å². The van der Waals surface area contributed by atoms with Crippen molar-refractivity contribution in [3.05, 3.63) is 35.1 Å². The van der Waals surface area contributed by atoms with Gasteiger partial charge in [0, 0.05) is 18.2 Å². The maximum atomic E-state index is 13.5. The normalized spacial score (nSPS) is 12.4. The number of oxime groups is 1. The van der Waals surface area contributed by atoms with Crippen molar-refractivity contribution >= 4 is 5.84 Å². The molecule has 6 heteroatoms. The highest BCUT2D eigenvalue weighted by molar-refractivity contribution is 5.97. The van der Waals surface area contributed by atoms with Gasteiger partial charge in [-0.25, -0.2) is 4.39 Å². The number of halogens is 1. The fourth-order valence-electron chi connectivity index (χ4n) is 1.90. The van der Waals surface area contributed by atoms with E-state index in [9.17, 15) is 4.39 Å². The molecular weight excluding hydrogens is 271 g/mol. The van der Waals surface area contributed by atoms with Crippen LogP contribution in [0, 0.1) is 5.82 Å². The topological polar surface area (TPSA) is 73.9 Å². The van der Waals surface area contributed by atoms with Gasteiger partial charge in [-0.05, 0) is 64.2 Å². The summed E-state index contributed by atoms with van der Waals surface area (Å²) in [6.07, 6.45) is 1.02. The molecule has 0 unspecified atom stereocenters. The zero-order valence-electron chi connectivity index (χ0n) is 12.9. The second-order valence-corrected chi connectivity index (χ2v) is 5.44. The summed E-state index contributed by atoms with van der Waals surface area (Å²) in [5.74, 6) is -0.482. The molecule has 0 heterocycles. The molecule has 0 bridgehead atoms. The van der Waals surface area contributed by atoms with Gasteiger partial charge < -0.3 is 21.2 Å². The van der Waals surface area contributed by atoms with Crippen LogP contribution < -0.4 is 11.1 Å². The summed E-state index contributed by atoms with van der Waals surface area (Å²) < 4.78 is 13.5. The number of nitrogens with two attached hydrogens (primary N) is 1. The van der Waals surface area contributed by atoms with E-state index in [1.165, 1.54) is 12.1 Å². The Morgan fingerprint density at radius 3 is 2.76 bits per heavy atom. The van der Waals surface area contributed by atoms with E-state index in [4.69, 9.17) is 10.9 Å². The molecule has 1 rings (SSSR count). The van der Waals surface area contributed by atoms with Crippen molar-refractivity contribution in [1.82, 2.24) is 10.2 Å². The molecule has 4 N–H and O–H groups in total. The van der Waals surface area contributed by atoms with Crippen LogP contribution >= 0.6 is 0 Å². The maximum absolute atomic E-state index is 13.5. The summed E-state index contributed by atoms with van der Waals surface area (Å²) in [5, 5.41) is 14.8. The number of amidine groups is 1. The third kappa shape index (κ3) is 6.10. The summed E-state index contributed by atoms with van der Waals surface area (Å²) in [6.45, 7) is 6.74. The van der Waals surface area contributed by atoms with Crippen LogP contribution in [0.3, 0.4) is 0 Å². The van der Waals surface area contributed by atoms with Crippen molar-refractivity contribution in [2.45, 2.75) is 32.9 Å². The summed E-state index contributed by atoms with van der Waals surface area (Å²) >= 11 is 0. The zero-order valence-corrected chi connectivity index (χ0v) is 12.9. The quantitative estimate of drug-likeness (QED) is 0.225. The first-order chi connectivity index (χ1) is 9.93. The molecule has 0 radical (unpaired) electrons. The number of hydrogen-bond acceptors (Lipinski definition) is 4. The van der Waals surface area contributed by atoms with E-state index in [0.717, 1.165) is 25.1 Å². The van der Waals surface area contributed by atoms with E-state index >= 15 is 0 Å². The molecule has 1 aromatic carbocycles. The molecule has 118 valence electrons. The Bertz CT molecular complexity index is 477. The van der Waals surface area contributed by atoms with E-state index in [0.29, 0.717) is 18.2 Å². The van der Waals surface area contributed by atoms with Gasteiger partial charge in [0.2, 0.25) is 0 Å². The Kier molecular flexibility index (Phi) is 7.11. The van der Waals surface area contributed by atoms with Crippen LogP contribution in [0.2, 0.25) is 0 Å². The average Bonchev–Trinajstić information content (AvgIpc) is 2.45. The van der Waals surface area contributed by atoms with Gasteiger partial charge in [0.1, 0.15) is 5.82 Å². The predicted octanol–water partition coefficient (Wildman–Crippen LogP) is 1.74. The van der Waals surface area contributed by atoms with Crippen molar-refractivity contribution in [2.24, 2.45) is 10.9 Å². The Balaban J connectivity index is 2.44. The van der Waals surface area contributed by atoms with E-state index in [1.54, 1.807) is 6.07 Å². The van der Waals surface area contributed by atoms with Gasteiger partial charge in [-0.2, -0.15) is 0 Å². The number of rotatable bonds is 8. The molecule has 0 amide bonds. The summed E-state index contributed by atoms with van der Waals surface area (Å²) in [5.41, 5.74) is 6.63. The summed E-state index contributed by atoms with van der Waals surface area (Å²) in [7, 11) is 2.10. The van der Waals surface area contributed by atoms with Crippen LogP contribution in [0.25, 0.3) is 0 Å². The lowest BCUT2D eigenvalue weighted by molar-refractivity contribution is 0.269. The molecule has 1 aromatic rings. The first-order valence-corrected chi connectivity index (χ1v) is 7.12. The molecule has 0 atom stereocenters. The first-order valence-electron chi connectivity index (χ1n) is 7.12. The lowest BCUT2D eigenvalue weighted by atomic mass is 10.1. The van der Waals surface area contributed by atoms with E-state index < -0.39 is 5.82 Å². The molecule has 5 nitrogen and oxygen atoms in total. The third-order valence-corrected chi connectivity index (χ3v) is 3.44. The third-order valence-electron chi connectivity index (χ3n) is 3.44. The van der Waals surface area contributed by atoms with E-state index in [1.807, 2.05) is 0 Å². The van der Waals surface area contributed by atoms with Crippen LogP contribution in [-0.4, -0.2) is 42.1 Å². The van der Waals surface area contributed by atoms with Gasteiger partial charge in [0.25, 0.3) is 0 Å². The molecule has 0 aliphatic heterocycles. The van der Waals surface area contributed by atoms with Crippen molar-refractivity contribution in [3.8, 4) is 0 Å². The lowest BCUT2D eigenvalue weighted by Gasteiger charge is -2.20. The highest BCUT2D eigenvalue weighted by Gasteiger charge is 2.05. The number of nitrogens with zero attached hydrogens (tertiary/aromatic N) is 2. The molecular formula is C15H25FN4O. The molecule has 0 fully saturated rings. The van der Waals surface area contributed by atoms with E-state index in [-0.39, 0.29) is 5.84 Å². The SMILES string of the molecule is CC(C)N(C)CCCNCc1cc(F)cc(/C(N)=N/O)c1. The monoisotopic (exact) mass is 296 g/mol. The first kappa shape index (κ1) is 17.4. The minimum atomic E-state index is -0.393. The molecule has 0 aliphatic carbocycles. The molecule has 21 heavy (non-hydrogen) atoms. The van der Waals surface area contributed by atoms with Crippen molar-refractivity contribution < 1.29 is 9.60 Å². The Hall–Kier alpha value is -1.66. The largest absolute Gasteiger partial charge is 0.409 e. The highest BCUT2D eigenvalue weighted by Crippen LogP contribution is 2.09. The average molecular weight is 296 g/mol. The van der Waals surface area contributed by atoms with Crippen LogP contribution in [-0.2, 0) is 6.54 Å². The molecule has 0 saturated carbocycles. The number of nitrogens with one attached hydrogen (secondary N) is 1.